The van der Waals surface area contributed by atoms with Crippen LogP contribution in [0.15, 0.2) is 24.4 Å². The Morgan fingerprint density at radius 3 is 2.54 bits per heavy atom. The number of hydrogen-bond donors (Lipinski definition) is 0. The van der Waals surface area contributed by atoms with Gasteiger partial charge in [0.15, 0.2) is 5.82 Å². The predicted molar refractivity (Wildman–Crippen MR) is 90.0 cm³/mol. The first kappa shape index (κ1) is 17.0. The Balaban J connectivity index is 1.76. The van der Waals surface area contributed by atoms with Crippen LogP contribution in [0.3, 0.4) is 0 Å². The van der Waals surface area contributed by atoms with Crippen LogP contribution in [0.2, 0.25) is 0 Å². The predicted octanol–water partition coefficient (Wildman–Crippen LogP) is 1.68. The number of sulfone groups is 1. The Kier molecular flexibility index (Phi) is 4.69. The highest BCUT2D eigenvalue weighted by atomic mass is 32.2. The number of fused-ring (bicyclic) bond motifs is 1. The first-order chi connectivity index (χ1) is 11.3. The number of rotatable bonds is 4. The van der Waals surface area contributed by atoms with Gasteiger partial charge in [-0.05, 0) is 12.1 Å². The second-order valence-electron chi connectivity index (χ2n) is 6.07. The molecule has 5 nitrogen and oxygen atoms in total. The Morgan fingerprint density at radius 2 is 1.88 bits per heavy atom. The molecule has 0 N–H and O–H groups in total. The Labute approximate surface area is 139 Å². The summed E-state index contributed by atoms with van der Waals surface area (Å²) in [5.41, 5.74) is 0.912. The fourth-order valence-corrected chi connectivity index (χ4v) is 3.54. The van der Waals surface area contributed by atoms with Crippen molar-refractivity contribution in [3.8, 4) is 0 Å². The van der Waals surface area contributed by atoms with Crippen LogP contribution in [0.4, 0.5) is 14.5 Å². The zero-order valence-corrected chi connectivity index (χ0v) is 14.2. The van der Waals surface area contributed by atoms with Crippen molar-refractivity contribution >= 4 is 26.4 Å². The summed E-state index contributed by atoms with van der Waals surface area (Å²) in [6.45, 7) is 3.25. The standard InChI is InChI=1S/C16H19F2N3O2S/c1-24(22,23)9-8-20-4-6-21(7-5-20)15-2-3-19-16-13(15)10-12(17)11-14(16)18/h2-3,10-11H,4-9H2,1H3. The number of aromatic nitrogens is 1. The van der Waals surface area contributed by atoms with E-state index < -0.39 is 21.5 Å². The van der Waals surface area contributed by atoms with E-state index in [-0.39, 0.29) is 11.3 Å². The van der Waals surface area contributed by atoms with Crippen LogP contribution in [0, 0.1) is 11.6 Å². The Hall–Kier alpha value is -1.80. The number of pyridine rings is 1. The number of hydrogen-bond acceptors (Lipinski definition) is 5. The van der Waals surface area contributed by atoms with Gasteiger partial charge in [-0.3, -0.25) is 9.88 Å². The summed E-state index contributed by atoms with van der Waals surface area (Å²) in [7, 11) is -2.97. The lowest BCUT2D eigenvalue weighted by atomic mass is 10.1. The molecule has 1 saturated heterocycles. The zero-order valence-electron chi connectivity index (χ0n) is 13.4. The van der Waals surface area contributed by atoms with Crippen molar-refractivity contribution in [3.63, 3.8) is 0 Å². The summed E-state index contributed by atoms with van der Waals surface area (Å²) in [6, 6.07) is 3.90. The van der Waals surface area contributed by atoms with Crippen LogP contribution in [-0.4, -0.2) is 63.0 Å². The number of nitrogens with zero attached hydrogens (tertiary/aromatic N) is 3. The lowest BCUT2D eigenvalue weighted by Gasteiger charge is -2.36. The number of piperazine rings is 1. The molecule has 0 radical (unpaired) electrons. The first-order valence-electron chi connectivity index (χ1n) is 7.72. The van der Waals surface area contributed by atoms with Crippen LogP contribution in [-0.2, 0) is 9.84 Å². The van der Waals surface area contributed by atoms with Gasteiger partial charge >= 0.3 is 0 Å². The summed E-state index contributed by atoms with van der Waals surface area (Å²) in [6.07, 6.45) is 2.75. The molecule has 0 saturated carbocycles. The van der Waals surface area contributed by atoms with Crippen molar-refractivity contribution in [3.05, 3.63) is 36.0 Å². The molecule has 0 aliphatic carbocycles. The van der Waals surface area contributed by atoms with E-state index in [2.05, 4.69) is 14.8 Å². The molecule has 24 heavy (non-hydrogen) atoms. The van der Waals surface area contributed by atoms with Gasteiger partial charge in [0.2, 0.25) is 0 Å². The highest BCUT2D eigenvalue weighted by Gasteiger charge is 2.20. The van der Waals surface area contributed by atoms with E-state index in [0.717, 1.165) is 11.8 Å². The van der Waals surface area contributed by atoms with Crippen molar-refractivity contribution in [2.45, 2.75) is 0 Å². The minimum atomic E-state index is -2.97. The quantitative estimate of drug-likeness (QED) is 0.835. The highest BCUT2D eigenvalue weighted by molar-refractivity contribution is 7.90. The van der Waals surface area contributed by atoms with Crippen LogP contribution >= 0.6 is 0 Å². The van der Waals surface area contributed by atoms with Crippen LogP contribution in [0.1, 0.15) is 0 Å². The van der Waals surface area contributed by atoms with Gasteiger partial charge < -0.3 is 4.90 Å². The second kappa shape index (κ2) is 6.60. The molecule has 0 atom stereocenters. The van der Waals surface area contributed by atoms with E-state index in [4.69, 9.17) is 0 Å². The van der Waals surface area contributed by atoms with Crippen LogP contribution < -0.4 is 4.90 Å². The fourth-order valence-electron chi connectivity index (χ4n) is 2.95. The monoisotopic (exact) mass is 355 g/mol. The molecule has 1 aromatic carbocycles. The molecular formula is C16H19F2N3O2S. The molecular weight excluding hydrogens is 336 g/mol. The molecule has 1 fully saturated rings. The third-order valence-electron chi connectivity index (χ3n) is 4.23. The lowest BCUT2D eigenvalue weighted by molar-refractivity contribution is 0.272. The number of anilines is 1. The largest absolute Gasteiger partial charge is 0.368 e. The summed E-state index contributed by atoms with van der Waals surface area (Å²) in [5, 5.41) is 0.458. The Bertz CT molecular complexity index is 850. The normalized spacial score (nSPS) is 16.7. The molecule has 1 aromatic heterocycles. The first-order valence-corrected chi connectivity index (χ1v) is 9.78. The van der Waals surface area contributed by atoms with Crippen molar-refractivity contribution < 1.29 is 17.2 Å². The van der Waals surface area contributed by atoms with Gasteiger partial charge in [-0.2, -0.15) is 0 Å². The second-order valence-corrected chi connectivity index (χ2v) is 8.33. The SMILES string of the molecule is CS(=O)(=O)CCN1CCN(c2ccnc3c(F)cc(F)cc23)CC1. The van der Waals surface area contributed by atoms with E-state index >= 15 is 0 Å². The molecule has 0 unspecified atom stereocenters. The van der Waals surface area contributed by atoms with E-state index in [0.29, 0.717) is 38.1 Å². The Morgan fingerprint density at radius 1 is 1.17 bits per heavy atom. The molecule has 1 aliphatic heterocycles. The van der Waals surface area contributed by atoms with Gasteiger partial charge in [0.05, 0.1) is 5.75 Å². The smallest absolute Gasteiger partial charge is 0.152 e. The minimum Gasteiger partial charge on any atom is -0.368 e. The van der Waals surface area contributed by atoms with Gasteiger partial charge in [0.25, 0.3) is 0 Å². The van der Waals surface area contributed by atoms with E-state index in [9.17, 15) is 17.2 Å². The molecule has 0 spiro atoms. The van der Waals surface area contributed by atoms with Gasteiger partial charge in [-0.25, -0.2) is 17.2 Å². The molecule has 2 heterocycles. The van der Waals surface area contributed by atoms with Gasteiger partial charge in [-0.15, -0.1) is 0 Å². The maximum atomic E-state index is 13.9. The van der Waals surface area contributed by atoms with Gasteiger partial charge in [0, 0.05) is 62.3 Å². The number of benzene rings is 1. The molecule has 3 rings (SSSR count). The lowest BCUT2D eigenvalue weighted by Crippen LogP contribution is -2.47. The molecule has 0 bridgehead atoms. The van der Waals surface area contributed by atoms with E-state index in [1.54, 1.807) is 6.07 Å². The van der Waals surface area contributed by atoms with Crippen molar-refractivity contribution in [2.24, 2.45) is 0 Å². The fraction of sp³-hybridized carbons (Fsp3) is 0.438. The highest BCUT2D eigenvalue weighted by Crippen LogP contribution is 2.28. The van der Waals surface area contributed by atoms with Crippen molar-refractivity contribution in [2.75, 3.05) is 49.6 Å². The van der Waals surface area contributed by atoms with Gasteiger partial charge in [-0.1, -0.05) is 0 Å². The van der Waals surface area contributed by atoms with Crippen LogP contribution in [0.25, 0.3) is 10.9 Å². The third kappa shape index (κ3) is 3.81. The van der Waals surface area contributed by atoms with Gasteiger partial charge in [0.1, 0.15) is 21.2 Å². The molecule has 2 aromatic rings. The molecule has 8 heteroatoms. The zero-order chi connectivity index (χ0) is 17.3. The minimum absolute atomic E-state index is 0.140. The van der Waals surface area contributed by atoms with E-state index in [1.807, 2.05) is 0 Å². The average molecular weight is 355 g/mol. The average Bonchev–Trinajstić information content (AvgIpc) is 2.52. The maximum absolute atomic E-state index is 13.9. The van der Waals surface area contributed by atoms with Crippen molar-refractivity contribution in [1.82, 2.24) is 9.88 Å². The molecule has 1 aliphatic rings. The summed E-state index contributed by atoms with van der Waals surface area (Å²) >= 11 is 0. The molecule has 0 amide bonds. The van der Waals surface area contributed by atoms with E-state index in [1.165, 1.54) is 18.5 Å². The summed E-state index contributed by atoms with van der Waals surface area (Å²) in [4.78, 5) is 8.14. The summed E-state index contributed by atoms with van der Waals surface area (Å²) < 4.78 is 50.0. The van der Waals surface area contributed by atoms with Crippen molar-refractivity contribution in [1.29, 1.82) is 0 Å². The summed E-state index contributed by atoms with van der Waals surface area (Å²) in [5.74, 6) is -1.15. The topological polar surface area (TPSA) is 53.5 Å². The maximum Gasteiger partial charge on any atom is 0.152 e. The number of halogens is 2. The third-order valence-corrected chi connectivity index (χ3v) is 5.16. The van der Waals surface area contributed by atoms with Crippen LogP contribution in [0.5, 0.6) is 0 Å². The molecule has 130 valence electrons.